The molecule has 0 unspecified atom stereocenters. The number of rotatable bonds is 8. The molecule has 5 rings (SSSR count). The molecule has 1 aliphatic rings. The van der Waals surface area contributed by atoms with E-state index in [4.69, 9.17) is 4.74 Å². The van der Waals surface area contributed by atoms with Crippen LogP contribution < -0.4 is 15.4 Å². The Morgan fingerprint density at radius 2 is 2.00 bits per heavy atom. The van der Waals surface area contributed by atoms with Crippen LogP contribution in [0.3, 0.4) is 0 Å². The van der Waals surface area contributed by atoms with Gasteiger partial charge in [-0.2, -0.15) is 0 Å². The highest BCUT2D eigenvalue weighted by molar-refractivity contribution is 5.91. The molecule has 178 valence electrons. The molecule has 0 aliphatic heterocycles. The van der Waals surface area contributed by atoms with Crippen LogP contribution in [-0.4, -0.2) is 54.2 Å². The SMILES string of the molecule is C[C@H](O)CNC1CCC(Oc2cc(Nc3ccn(-c4ccccn4)n3)c3ncn(C)c3c2)CC1. The third-order valence-corrected chi connectivity index (χ3v) is 6.22. The van der Waals surface area contributed by atoms with Gasteiger partial charge in [-0.3, -0.25) is 0 Å². The maximum Gasteiger partial charge on any atom is 0.153 e. The lowest BCUT2D eigenvalue weighted by molar-refractivity contribution is 0.131. The Kier molecular flexibility index (Phi) is 6.46. The van der Waals surface area contributed by atoms with E-state index in [-0.39, 0.29) is 12.2 Å². The van der Waals surface area contributed by atoms with Crippen LogP contribution >= 0.6 is 0 Å². The molecule has 1 saturated carbocycles. The second-order valence-corrected chi connectivity index (χ2v) is 9.00. The van der Waals surface area contributed by atoms with Crippen molar-refractivity contribution in [3.63, 3.8) is 0 Å². The van der Waals surface area contributed by atoms with Crippen molar-refractivity contribution < 1.29 is 9.84 Å². The number of nitrogens with one attached hydrogen (secondary N) is 2. The molecular weight excluding hydrogens is 430 g/mol. The number of imidazole rings is 1. The lowest BCUT2D eigenvalue weighted by Crippen LogP contribution is -2.39. The van der Waals surface area contributed by atoms with E-state index in [0.717, 1.165) is 54.0 Å². The van der Waals surface area contributed by atoms with E-state index in [1.54, 1.807) is 10.9 Å². The summed E-state index contributed by atoms with van der Waals surface area (Å²) in [5, 5.41) is 21.0. The first kappa shape index (κ1) is 22.4. The van der Waals surface area contributed by atoms with Crippen molar-refractivity contribution in [1.29, 1.82) is 0 Å². The van der Waals surface area contributed by atoms with Crippen LogP contribution in [0.15, 0.2) is 55.1 Å². The second kappa shape index (κ2) is 9.82. The van der Waals surface area contributed by atoms with E-state index in [1.807, 2.05) is 61.4 Å². The Bertz CT molecular complexity index is 1230. The monoisotopic (exact) mass is 461 g/mol. The van der Waals surface area contributed by atoms with E-state index in [2.05, 4.69) is 31.8 Å². The highest BCUT2D eigenvalue weighted by Gasteiger charge is 2.23. The fourth-order valence-electron chi connectivity index (χ4n) is 4.43. The third-order valence-electron chi connectivity index (χ3n) is 6.22. The average Bonchev–Trinajstić information content (AvgIpc) is 3.46. The zero-order valence-corrected chi connectivity index (χ0v) is 19.6. The van der Waals surface area contributed by atoms with Gasteiger partial charge >= 0.3 is 0 Å². The summed E-state index contributed by atoms with van der Waals surface area (Å²) in [5.74, 6) is 2.29. The zero-order chi connectivity index (χ0) is 23.5. The van der Waals surface area contributed by atoms with Gasteiger partial charge in [0.15, 0.2) is 11.6 Å². The predicted octanol–water partition coefficient (Wildman–Crippen LogP) is 3.56. The van der Waals surface area contributed by atoms with Crippen molar-refractivity contribution in [2.45, 2.75) is 50.9 Å². The van der Waals surface area contributed by atoms with E-state index in [0.29, 0.717) is 18.4 Å². The molecule has 0 amide bonds. The Morgan fingerprint density at radius 1 is 1.15 bits per heavy atom. The number of aromatic nitrogens is 5. The molecular formula is C25H31N7O2. The first-order valence-corrected chi connectivity index (χ1v) is 11.8. The molecule has 1 aromatic carbocycles. The van der Waals surface area contributed by atoms with Gasteiger partial charge in [0.05, 0.1) is 29.7 Å². The number of fused-ring (bicyclic) bond motifs is 1. The summed E-state index contributed by atoms with van der Waals surface area (Å²) < 4.78 is 10.2. The van der Waals surface area contributed by atoms with Gasteiger partial charge in [0.25, 0.3) is 0 Å². The van der Waals surface area contributed by atoms with Crippen LogP contribution in [0.25, 0.3) is 16.9 Å². The molecule has 0 bridgehead atoms. The van der Waals surface area contributed by atoms with Crippen LogP contribution in [0.4, 0.5) is 11.5 Å². The lowest BCUT2D eigenvalue weighted by Gasteiger charge is -2.30. The molecule has 4 aromatic rings. The summed E-state index contributed by atoms with van der Waals surface area (Å²) in [7, 11) is 1.98. The number of pyridine rings is 1. The van der Waals surface area contributed by atoms with Crippen molar-refractivity contribution in [3.8, 4) is 11.6 Å². The predicted molar refractivity (Wildman–Crippen MR) is 132 cm³/mol. The van der Waals surface area contributed by atoms with Crippen molar-refractivity contribution in [2.75, 3.05) is 11.9 Å². The summed E-state index contributed by atoms with van der Waals surface area (Å²) in [6.45, 7) is 2.45. The fraction of sp³-hybridized carbons (Fsp3) is 0.400. The van der Waals surface area contributed by atoms with Gasteiger partial charge in [0.1, 0.15) is 11.3 Å². The number of hydrogen-bond donors (Lipinski definition) is 3. The van der Waals surface area contributed by atoms with Crippen molar-refractivity contribution >= 4 is 22.5 Å². The third kappa shape index (κ3) is 5.05. The highest BCUT2D eigenvalue weighted by Crippen LogP contribution is 2.32. The lowest BCUT2D eigenvalue weighted by atomic mass is 9.93. The largest absolute Gasteiger partial charge is 0.490 e. The summed E-state index contributed by atoms with van der Waals surface area (Å²) in [5.41, 5.74) is 2.72. The number of aryl methyl sites for hydroxylation is 1. The first-order chi connectivity index (χ1) is 16.5. The molecule has 0 radical (unpaired) electrons. The molecule has 3 aromatic heterocycles. The standard InChI is InChI=1S/C25H31N7O2/c1-17(33)15-27-18-6-8-19(9-7-18)34-20-13-21(25-22(14-20)31(2)16-28-25)29-23-10-12-32(30-23)24-5-3-4-11-26-24/h3-5,10-14,16-19,27,33H,6-9,15H2,1-2H3,(H,29,30)/t17-,18?,19?/m0/s1. The minimum Gasteiger partial charge on any atom is -0.490 e. The van der Waals surface area contributed by atoms with Gasteiger partial charge in [-0.1, -0.05) is 6.07 Å². The molecule has 0 saturated heterocycles. The smallest absolute Gasteiger partial charge is 0.153 e. The molecule has 34 heavy (non-hydrogen) atoms. The summed E-state index contributed by atoms with van der Waals surface area (Å²) in [4.78, 5) is 8.93. The number of hydrogen-bond acceptors (Lipinski definition) is 7. The zero-order valence-electron chi connectivity index (χ0n) is 19.6. The minimum atomic E-state index is -0.319. The van der Waals surface area contributed by atoms with Gasteiger partial charge in [0.2, 0.25) is 0 Å². The molecule has 1 atom stereocenters. The summed E-state index contributed by atoms with van der Waals surface area (Å²) in [6.07, 6.45) is 9.35. The van der Waals surface area contributed by atoms with Gasteiger partial charge in [-0.15, -0.1) is 5.10 Å². The number of aliphatic hydroxyl groups is 1. The van der Waals surface area contributed by atoms with Gasteiger partial charge < -0.3 is 25.0 Å². The normalized spacial score (nSPS) is 19.3. The van der Waals surface area contributed by atoms with Gasteiger partial charge in [-0.25, -0.2) is 14.6 Å². The Hall–Kier alpha value is -3.43. The number of ether oxygens (including phenoxy) is 1. The maximum absolute atomic E-state index is 9.50. The Morgan fingerprint density at radius 3 is 2.76 bits per heavy atom. The van der Waals surface area contributed by atoms with E-state index < -0.39 is 0 Å². The van der Waals surface area contributed by atoms with Gasteiger partial charge in [0, 0.05) is 50.2 Å². The topological polar surface area (TPSA) is 102 Å². The van der Waals surface area contributed by atoms with Crippen molar-refractivity contribution in [1.82, 2.24) is 29.6 Å². The molecule has 9 nitrogen and oxygen atoms in total. The molecule has 9 heteroatoms. The maximum atomic E-state index is 9.50. The molecule has 1 aliphatic carbocycles. The quantitative estimate of drug-likeness (QED) is 0.369. The fourth-order valence-corrected chi connectivity index (χ4v) is 4.43. The molecule has 3 N–H and O–H groups in total. The summed E-state index contributed by atoms with van der Waals surface area (Å²) >= 11 is 0. The van der Waals surface area contributed by atoms with Gasteiger partial charge in [-0.05, 0) is 44.7 Å². The Balaban J connectivity index is 1.31. The molecule has 0 spiro atoms. The second-order valence-electron chi connectivity index (χ2n) is 9.00. The minimum absolute atomic E-state index is 0.173. The van der Waals surface area contributed by atoms with E-state index in [9.17, 15) is 5.11 Å². The van der Waals surface area contributed by atoms with Crippen LogP contribution in [0.1, 0.15) is 32.6 Å². The summed E-state index contributed by atoms with van der Waals surface area (Å²) in [6, 6.07) is 12.2. The highest BCUT2D eigenvalue weighted by atomic mass is 16.5. The van der Waals surface area contributed by atoms with Crippen LogP contribution in [0, 0.1) is 0 Å². The van der Waals surface area contributed by atoms with Crippen molar-refractivity contribution in [3.05, 3.63) is 55.1 Å². The molecule has 3 heterocycles. The van der Waals surface area contributed by atoms with Crippen molar-refractivity contribution in [2.24, 2.45) is 7.05 Å². The van der Waals surface area contributed by atoms with Crippen LogP contribution in [0.5, 0.6) is 5.75 Å². The average molecular weight is 462 g/mol. The number of anilines is 2. The van der Waals surface area contributed by atoms with Crippen LogP contribution in [-0.2, 0) is 7.05 Å². The number of aliphatic hydroxyl groups excluding tert-OH is 1. The Labute approximate surface area is 198 Å². The molecule has 1 fully saturated rings. The number of nitrogens with zero attached hydrogens (tertiary/aromatic N) is 5. The van der Waals surface area contributed by atoms with E-state index in [1.165, 1.54) is 0 Å². The first-order valence-electron chi connectivity index (χ1n) is 11.8. The van der Waals surface area contributed by atoms with Crippen LogP contribution in [0.2, 0.25) is 0 Å². The van der Waals surface area contributed by atoms with E-state index >= 15 is 0 Å². The number of benzene rings is 1.